The van der Waals surface area contributed by atoms with Crippen LogP contribution < -0.4 is 5.43 Å². The van der Waals surface area contributed by atoms with Crippen molar-refractivity contribution in [3.63, 3.8) is 0 Å². The fourth-order valence-corrected chi connectivity index (χ4v) is 3.28. The van der Waals surface area contributed by atoms with E-state index in [1.165, 1.54) is 5.56 Å². The molecule has 1 aliphatic rings. The van der Waals surface area contributed by atoms with Crippen molar-refractivity contribution in [2.24, 2.45) is 11.0 Å². The van der Waals surface area contributed by atoms with Crippen LogP contribution in [0.1, 0.15) is 29.0 Å². The number of rotatable bonds is 4. The molecule has 4 nitrogen and oxygen atoms in total. The Kier molecular flexibility index (Phi) is 4.02. The highest BCUT2D eigenvalue weighted by atomic mass is 16.2. The molecule has 0 radical (unpaired) electrons. The monoisotopic (exact) mass is 329 g/mol. The zero-order chi connectivity index (χ0) is 17.2. The number of aromatic nitrogens is 1. The zero-order valence-electron chi connectivity index (χ0n) is 14.0. The van der Waals surface area contributed by atoms with Crippen LogP contribution in [0.3, 0.4) is 0 Å². The third kappa shape index (κ3) is 3.29. The number of amides is 1. The van der Waals surface area contributed by atoms with Crippen LogP contribution in [-0.2, 0) is 4.79 Å². The van der Waals surface area contributed by atoms with E-state index in [4.69, 9.17) is 0 Å². The highest BCUT2D eigenvalue weighted by Crippen LogP contribution is 2.47. The van der Waals surface area contributed by atoms with Gasteiger partial charge in [0.25, 0.3) is 0 Å². The van der Waals surface area contributed by atoms with Crippen molar-refractivity contribution in [2.75, 3.05) is 0 Å². The lowest BCUT2D eigenvalue weighted by molar-refractivity contribution is -0.122. The number of aryl methyl sites for hydroxylation is 1. The predicted octanol–water partition coefficient (Wildman–Crippen LogP) is 3.80. The maximum atomic E-state index is 12.2. The second-order valence-corrected chi connectivity index (χ2v) is 6.51. The van der Waals surface area contributed by atoms with Crippen LogP contribution >= 0.6 is 0 Å². The van der Waals surface area contributed by atoms with Crippen LogP contribution in [0, 0.1) is 12.8 Å². The summed E-state index contributed by atoms with van der Waals surface area (Å²) in [6, 6.07) is 18.2. The van der Waals surface area contributed by atoms with Gasteiger partial charge in [-0.3, -0.25) is 9.78 Å². The first-order valence-corrected chi connectivity index (χ1v) is 8.45. The Morgan fingerprint density at radius 1 is 1.20 bits per heavy atom. The molecule has 2 aromatic carbocycles. The summed E-state index contributed by atoms with van der Waals surface area (Å²) in [5.41, 5.74) is 6.94. The molecular weight excluding hydrogens is 310 g/mol. The van der Waals surface area contributed by atoms with E-state index in [0.717, 1.165) is 28.5 Å². The highest BCUT2D eigenvalue weighted by molar-refractivity contribution is 5.91. The van der Waals surface area contributed by atoms with Gasteiger partial charge in [-0.15, -0.1) is 0 Å². The molecule has 0 saturated heterocycles. The lowest BCUT2D eigenvalue weighted by atomic mass is 10.1. The normalized spacial score (nSPS) is 19.2. The molecule has 4 rings (SSSR count). The Bertz CT molecular complexity index is 950. The molecule has 2 atom stereocenters. The van der Waals surface area contributed by atoms with Gasteiger partial charge in [-0.25, -0.2) is 5.43 Å². The van der Waals surface area contributed by atoms with Crippen molar-refractivity contribution in [3.05, 3.63) is 77.5 Å². The first kappa shape index (κ1) is 15.5. The summed E-state index contributed by atoms with van der Waals surface area (Å²) < 4.78 is 0. The summed E-state index contributed by atoms with van der Waals surface area (Å²) in [4.78, 5) is 16.6. The fourth-order valence-electron chi connectivity index (χ4n) is 3.28. The number of pyridine rings is 1. The van der Waals surface area contributed by atoms with Crippen molar-refractivity contribution >= 4 is 23.0 Å². The molecule has 0 spiro atoms. The Morgan fingerprint density at radius 2 is 2.04 bits per heavy atom. The number of carbonyl (C=O) groups is 1. The molecule has 124 valence electrons. The summed E-state index contributed by atoms with van der Waals surface area (Å²) >= 11 is 0. The molecule has 1 heterocycles. The Hall–Kier alpha value is -3.01. The minimum Gasteiger partial charge on any atom is -0.273 e. The van der Waals surface area contributed by atoms with E-state index >= 15 is 0 Å². The average molecular weight is 329 g/mol. The summed E-state index contributed by atoms with van der Waals surface area (Å²) in [7, 11) is 0. The molecule has 1 aromatic heterocycles. The van der Waals surface area contributed by atoms with Crippen molar-refractivity contribution in [1.82, 2.24) is 10.4 Å². The van der Waals surface area contributed by atoms with Gasteiger partial charge >= 0.3 is 0 Å². The van der Waals surface area contributed by atoms with Gasteiger partial charge in [0.15, 0.2) is 0 Å². The van der Waals surface area contributed by atoms with Crippen LogP contribution in [0.2, 0.25) is 0 Å². The largest absolute Gasteiger partial charge is 0.273 e. The topological polar surface area (TPSA) is 54.4 Å². The number of benzene rings is 2. The zero-order valence-corrected chi connectivity index (χ0v) is 14.0. The summed E-state index contributed by atoms with van der Waals surface area (Å²) in [6.07, 6.45) is 4.38. The van der Waals surface area contributed by atoms with Gasteiger partial charge in [-0.2, -0.15) is 5.10 Å². The Morgan fingerprint density at radius 3 is 2.88 bits per heavy atom. The van der Waals surface area contributed by atoms with E-state index in [9.17, 15) is 4.79 Å². The molecule has 1 saturated carbocycles. The third-order valence-corrected chi connectivity index (χ3v) is 4.66. The van der Waals surface area contributed by atoms with Crippen molar-refractivity contribution in [1.29, 1.82) is 0 Å². The molecule has 3 aromatic rings. The first-order valence-electron chi connectivity index (χ1n) is 8.45. The van der Waals surface area contributed by atoms with Crippen molar-refractivity contribution in [2.45, 2.75) is 19.3 Å². The third-order valence-electron chi connectivity index (χ3n) is 4.66. The fraction of sp³-hybridized carbons (Fsp3) is 0.190. The minimum absolute atomic E-state index is 0.00993. The Labute approximate surface area is 146 Å². The lowest BCUT2D eigenvalue weighted by Gasteiger charge is -2.03. The molecule has 1 aliphatic carbocycles. The SMILES string of the molecule is Cc1cc(/C=N/NC(=O)[C@H]2C[C@@H]2c2ccccc2)cc2cccnc12. The summed E-state index contributed by atoms with van der Waals surface area (Å²) in [5.74, 6) is 0.344. The average Bonchev–Trinajstić information content (AvgIpc) is 3.43. The van der Waals surface area contributed by atoms with E-state index < -0.39 is 0 Å². The van der Waals surface area contributed by atoms with Gasteiger partial charge in [0.2, 0.25) is 5.91 Å². The lowest BCUT2D eigenvalue weighted by Crippen LogP contribution is -2.20. The van der Waals surface area contributed by atoms with Gasteiger partial charge in [0.05, 0.1) is 11.7 Å². The molecule has 4 heteroatoms. The molecule has 25 heavy (non-hydrogen) atoms. The Balaban J connectivity index is 1.41. The number of nitrogens with one attached hydrogen (secondary N) is 1. The number of hydrogen-bond acceptors (Lipinski definition) is 3. The molecule has 0 aliphatic heterocycles. The van der Waals surface area contributed by atoms with Gasteiger partial charge < -0.3 is 0 Å². The number of nitrogens with zero attached hydrogens (tertiary/aromatic N) is 2. The predicted molar refractivity (Wildman–Crippen MR) is 99.5 cm³/mol. The molecular formula is C21H19N3O. The van der Waals surface area contributed by atoms with Gasteiger partial charge in [0, 0.05) is 17.5 Å². The highest BCUT2D eigenvalue weighted by Gasteiger charge is 2.43. The van der Waals surface area contributed by atoms with Gasteiger partial charge in [-0.1, -0.05) is 36.4 Å². The molecule has 1 N–H and O–H groups in total. The van der Waals surface area contributed by atoms with Crippen LogP contribution in [-0.4, -0.2) is 17.1 Å². The summed E-state index contributed by atoms with van der Waals surface area (Å²) in [5, 5.41) is 5.20. The van der Waals surface area contributed by atoms with Crippen molar-refractivity contribution in [3.8, 4) is 0 Å². The number of hydrazone groups is 1. The standard InChI is InChI=1S/C21H19N3O/c1-14-10-15(11-17-8-5-9-22-20(14)17)13-23-24-21(25)19-12-18(19)16-6-3-2-4-7-16/h2-11,13,18-19H,12H2,1H3,(H,24,25)/b23-13+/t18-,19+/m1/s1. The van der Waals surface area contributed by atoms with Crippen LogP contribution in [0.5, 0.6) is 0 Å². The molecule has 0 unspecified atom stereocenters. The van der Waals surface area contributed by atoms with Crippen molar-refractivity contribution < 1.29 is 4.79 Å². The molecule has 1 amide bonds. The first-order chi connectivity index (χ1) is 12.2. The van der Waals surface area contributed by atoms with Crippen LogP contribution in [0.4, 0.5) is 0 Å². The number of fused-ring (bicyclic) bond motifs is 1. The molecule has 0 bridgehead atoms. The van der Waals surface area contributed by atoms with E-state index in [2.05, 4.69) is 27.6 Å². The van der Waals surface area contributed by atoms with E-state index in [0.29, 0.717) is 5.92 Å². The van der Waals surface area contributed by atoms with Gasteiger partial charge in [-0.05, 0) is 54.2 Å². The van der Waals surface area contributed by atoms with Crippen LogP contribution in [0.15, 0.2) is 65.9 Å². The second kappa shape index (κ2) is 6.48. The van der Waals surface area contributed by atoms with Gasteiger partial charge in [0.1, 0.15) is 0 Å². The van der Waals surface area contributed by atoms with E-state index in [-0.39, 0.29) is 11.8 Å². The number of hydrogen-bond donors (Lipinski definition) is 1. The second-order valence-electron chi connectivity index (χ2n) is 6.51. The minimum atomic E-state index is -0.00993. The van der Waals surface area contributed by atoms with E-state index in [1.807, 2.05) is 49.4 Å². The summed E-state index contributed by atoms with van der Waals surface area (Å²) in [6.45, 7) is 2.03. The smallest absolute Gasteiger partial charge is 0.243 e. The maximum absolute atomic E-state index is 12.2. The number of carbonyl (C=O) groups excluding carboxylic acids is 1. The van der Waals surface area contributed by atoms with Crippen LogP contribution in [0.25, 0.3) is 10.9 Å². The molecule has 1 fully saturated rings. The maximum Gasteiger partial charge on any atom is 0.243 e. The quantitative estimate of drug-likeness (QED) is 0.585. The van der Waals surface area contributed by atoms with E-state index in [1.54, 1.807) is 12.4 Å².